The number of hydrogen-bond donors (Lipinski definition) is 0. The van der Waals surface area contributed by atoms with Gasteiger partial charge in [-0.05, 0) is 19.3 Å². The Morgan fingerprint density at radius 1 is 0.786 bits per heavy atom. The highest BCUT2D eigenvalue weighted by molar-refractivity contribution is 4.77. The first kappa shape index (κ1) is 12.0. The fourth-order valence-electron chi connectivity index (χ4n) is 2.42. The second-order valence-electron chi connectivity index (χ2n) is 4.83. The van der Waals surface area contributed by atoms with Gasteiger partial charge in [0.15, 0.2) is 0 Å². The van der Waals surface area contributed by atoms with Crippen LogP contribution in [0.15, 0.2) is 0 Å². The summed E-state index contributed by atoms with van der Waals surface area (Å²) >= 11 is 0. The molecule has 0 radical (unpaired) electrons. The maximum absolute atomic E-state index is 14.2. The molecule has 0 aliphatic heterocycles. The first-order chi connectivity index (χ1) is 6.77. The minimum Gasteiger partial charge on any atom is -0.244 e. The summed E-state index contributed by atoms with van der Waals surface area (Å²) in [5, 5.41) is 0. The molecule has 0 N–H and O–H groups in total. The summed E-state index contributed by atoms with van der Waals surface area (Å²) < 4.78 is 14.2. The summed E-state index contributed by atoms with van der Waals surface area (Å²) in [6.45, 7) is 2.00. The van der Waals surface area contributed by atoms with Crippen LogP contribution in [0.2, 0.25) is 0 Å². The normalized spacial score (nSPS) is 25.3. The van der Waals surface area contributed by atoms with E-state index in [9.17, 15) is 4.39 Å². The van der Waals surface area contributed by atoms with Gasteiger partial charge in [0.2, 0.25) is 0 Å². The van der Waals surface area contributed by atoms with E-state index < -0.39 is 5.67 Å². The summed E-state index contributed by atoms with van der Waals surface area (Å²) in [6, 6.07) is 0. The Hall–Kier alpha value is -0.0700. The van der Waals surface area contributed by atoms with E-state index in [4.69, 9.17) is 0 Å². The van der Waals surface area contributed by atoms with E-state index in [-0.39, 0.29) is 0 Å². The minimum absolute atomic E-state index is 0.715. The molecule has 1 rings (SSSR count). The van der Waals surface area contributed by atoms with Gasteiger partial charge >= 0.3 is 0 Å². The highest BCUT2D eigenvalue weighted by Gasteiger charge is 2.25. The first-order valence-electron chi connectivity index (χ1n) is 6.46. The molecule has 0 unspecified atom stereocenters. The van der Waals surface area contributed by atoms with Crippen molar-refractivity contribution in [2.75, 3.05) is 0 Å². The average Bonchev–Trinajstić information content (AvgIpc) is 2.24. The van der Waals surface area contributed by atoms with Crippen molar-refractivity contribution in [3.63, 3.8) is 0 Å². The van der Waals surface area contributed by atoms with Gasteiger partial charge in [0.1, 0.15) is 5.67 Å². The van der Waals surface area contributed by atoms with Gasteiger partial charge in [-0.1, -0.05) is 58.3 Å². The molecule has 0 spiro atoms. The summed E-state index contributed by atoms with van der Waals surface area (Å²) in [5.41, 5.74) is -0.829. The van der Waals surface area contributed by atoms with Crippen molar-refractivity contribution in [2.24, 2.45) is 0 Å². The molecule has 0 aromatic rings. The van der Waals surface area contributed by atoms with E-state index in [0.717, 1.165) is 25.7 Å². The Morgan fingerprint density at radius 3 is 1.50 bits per heavy atom. The van der Waals surface area contributed by atoms with Gasteiger partial charge in [-0.15, -0.1) is 0 Å². The van der Waals surface area contributed by atoms with Gasteiger partial charge in [0, 0.05) is 0 Å². The number of rotatable bonds is 1. The molecule has 0 atom stereocenters. The van der Waals surface area contributed by atoms with E-state index in [0.29, 0.717) is 6.42 Å². The zero-order valence-electron chi connectivity index (χ0n) is 9.66. The van der Waals surface area contributed by atoms with Gasteiger partial charge in [0.25, 0.3) is 0 Å². The van der Waals surface area contributed by atoms with E-state index >= 15 is 0 Å². The SMILES string of the molecule is CCC1(F)CCCCCCCCCC1. The smallest absolute Gasteiger partial charge is 0.110 e. The van der Waals surface area contributed by atoms with Crippen LogP contribution in [0, 0.1) is 0 Å². The van der Waals surface area contributed by atoms with Gasteiger partial charge in [-0.25, -0.2) is 4.39 Å². The average molecular weight is 200 g/mol. The maximum atomic E-state index is 14.2. The molecule has 1 fully saturated rings. The summed E-state index contributed by atoms with van der Waals surface area (Å²) in [5.74, 6) is 0. The molecule has 1 aliphatic carbocycles. The Morgan fingerprint density at radius 2 is 1.14 bits per heavy atom. The third kappa shape index (κ3) is 4.43. The monoisotopic (exact) mass is 200 g/mol. The minimum atomic E-state index is -0.829. The third-order valence-corrected chi connectivity index (χ3v) is 3.63. The van der Waals surface area contributed by atoms with Crippen LogP contribution < -0.4 is 0 Å². The van der Waals surface area contributed by atoms with Crippen molar-refractivity contribution in [1.29, 1.82) is 0 Å². The first-order valence-corrected chi connectivity index (χ1v) is 6.46. The molecule has 0 heterocycles. The fourth-order valence-corrected chi connectivity index (χ4v) is 2.42. The van der Waals surface area contributed by atoms with E-state index in [2.05, 4.69) is 0 Å². The van der Waals surface area contributed by atoms with Gasteiger partial charge in [-0.3, -0.25) is 0 Å². The molecule has 0 bridgehead atoms. The maximum Gasteiger partial charge on any atom is 0.110 e. The van der Waals surface area contributed by atoms with Crippen LogP contribution in [-0.2, 0) is 0 Å². The lowest BCUT2D eigenvalue weighted by atomic mass is 9.90. The summed E-state index contributed by atoms with van der Waals surface area (Å²) in [6.07, 6.45) is 12.4. The van der Waals surface area contributed by atoms with E-state index in [1.165, 1.54) is 38.5 Å². The lowest BCUT2D eigenvalue weighted by Crippen LogP contribution is -2.21. The van der Waals surface area contributed by atoms with Crippen LogP contribution in [0.5, 0.6) is 0 Å². The molecule has 0 aromatic carbocycles. The lowest BCUT2D eigenvalue weighted by molar-refractivity contribution is 0.123. The molecule has 0 amide bonds. The van der Waals surface area contributed by atoms with Gasteiger partial charge in [-0.2, -0.15) is 0 Å². The molecule has 1 heteroatoms. The highest BCUT2D eigenvalue weighted by atomic mass is 19.1. The van der Waals surface area contributed by atoms with Crippen LogP contribution in [0.25, 0.3) is 0 Å². The van der Waals surface area contributed by atoms with Crippen LogP contribution in [-0.4, -0.2) is 5.67 Å². The predicted octanol–water partition coefficient (Wildman–Crippen LogP) is 5.02. The Labute approximate surface area is 88.3 Å². The molecular formula is C13H25F. The molecular weight excluding hydrogens is 175 g/mol. The van der Waals surface area contributed by atoms with Crippen molar-refractivity contribution in [3.05, 3.63) is 0 Å². The van der Waals surface area contributed by atoms with Crippen LogP contribution in [0.1, 0.15) is 77.6 Å². The second-order valence-corrected chi connectivity index (χ2v) is 4.83. The third-order valence-electron chi connectivity index (χ3n) is 3.63. The van der Waals surface area contributed by atoms with Crippen LogP contribution in [0.4, 0.5) is 4.39 Å². The van der Waals surface area contributed by atoms with Crippen molar-refractivity contribution < 1.29 is 4.39 Å². The standard InChI is InChI=1S/C13H25F/c1-2-13(14)11-9-7-5-3-4-6-8-10-12-13/h2-12H2,1H3. The largest absolute Gasteiger partial charge is 0.244 e. The predicted molar refractivity (Wildman–Crippen MR) is 60.3 cm³/mol. The lowest BCUT2D eigenvalue weighted by Gasteiger charge is -2.23. The van der Waals surface area contributed by atoms with Crippen LogP contribution >= 0.6 is 0 Å². The second kappa shape index (κ2) is 6.42. The zero-order chi connectivity index (χ0) is 10.3. The molecule has 0 nitrogen and oxygen atoms in total. The topological polar surface area (TPSA) is 0 Å². The van der Waals surface area contributed by atoms with Crippen molar-refractivity contribution >= 4 is 0 Å². The number of hydrogen-bond acceptors (Lipinski definition) is 0. The zero-order valence-corrected chi connectivity index (χ0v) is 9.66. The number of alkyl halides is 1. The summed E-state index contributed by atoms with van der Waals surface area (Å²) in [7, 11) is 0. The van der Waals surface area contributed by atoms with Crippen molar-refractivity contribution in [3.8, 4) is 0 Å². The Kier molecular flexibility index (Phi) is 5.50. The van der Waals surface area contributed by atoms with Crippen molar-refractivity contribution in [1.82, 2.24) is 0 Å². The molecule has 0 saturated heterocycles. The molecule has 0 aromatic heterocycles. The molecule has 1 saturated carbocycles. The van der Waals surface area contributed by atoms with Gasteiger partial charge < -0.3 is 0 Å². The number of halogens is 1. The molecule has 84 valence electrons. The molecule has 14 heavy (non-hydrogen) atoms. The Balaban J connectivity index is 2.35. The Bertz CT molecular complexity index is 130. The van der Waals surface area contributed by atoms with E-state index in [1.54, 1.807) is 0 Å². The van der Waals surface area contributed by atoms with E-state index in [1.807, 2.05) is 6.92 Å². The fraction of sp³-hybridized carbons (Fsp3) is 1.00. The van der Waals surface area contributed by atoms with Crippen LogP contribution in [0.3, 0.4) is 0 Å². The molecule has 1 aliphatic rings. The summed E-state index contributed by atoms with van der Waals surface area (Å²) in [4.78, 5) is 0. The quantitative estimate of drug-likeness (QED) is 0.557. The highest BCUT2D eigenvalue weighted by Crippen LogP contribution is 2.31. The van der Waals surface area contributed by atoms with Crippen molar-refractivity contribution in [2.45, 2.75) is 83.2 Å². The van der Waals surface area contributed by atoms with Gasteiger partial charge in [0.05, 0.1) is 0 Å².